The Morgan fingerprint density at radius 2 is 1.75 bits per heavy atom. The molecule has 0 aromatic rings. The van der Waals surface area contributed by atoms with Crippen molar-refractivity contribution in [2.45, 2.75) is 0 Å². The Balaban J connectivity index is 2.32. The average molecular weight is 73.1 g/mol. The van der Waals surface area contributed by atoms with Gasteiger partial charge in [-0.25, -0.2) is 0 Å². The molecular weight excluding hydrogens is 71.1 g/mol. The second-order valence-electron chi connectivity index (χ2n) is 0.718. The van der Waals surface area contributed by atoms with Gasteiger partial charge in [0.15, 0.2) is 0 Å². The van der Waals surface area contributed by atoms with E-state index >= 15 is 0 Å². The van der Waals surface area contributed by atoms with Crippen molar-refractivity contribution in [3.05, 3.63) is 11.4 Å². The zero-order chi connectivity index (χ0) is 2.99. The van der Waals surface area contributed by atoms with Crippen LogP contribution in [0.3, 0.4) is 0 Å². The molecule has 0 unspecified atom stereocenters. The van der Waals surface area contributed by atoms with Crippen molar-refractivity contribution < 1.29 is 4.11 Å². The molecule has 0 aliphatic carbocycles. The maximum atomic E-state index is 11.1. The topological polar surface area (TPSA) is 0 Å². The van der Waals surface area contributed by atoms with E-state index in [0.29, 0.717) is 0 Å². The van der Waals surface area contributed by atoms with Crippen LogP contribution in [0.15, 0.2) is 11.4 Å². The molecule has 0 fully saturated rings. The van der Waals surface area contributed by atoms with Gasteiger partial charge in [0.2, 0.25) is 0 Å². The second kappa shape index (κ2) is 0.430. The second-order valence-corrected chi connectivity index (χ2v) is 2.15. The van der Waals surface area contributed by atoms with E-state index in [1.165, 1.54) is 0 Å². The fourth-order valence-corrected chi connectivity index (χ4v) is 0.283. The van der Waals surface area contributed by atoms with Gasteiger partial charge in [0.1, 0.15) is 0 Å². The summed E-state index contributed by atoms with van der Waals surface area (Å²) >= 11 is 0. The molecule has 1 heterocycles. The van der Waals surface area contributed by atoms with Crippen molar-refractivity contribution in [3.63, 3.8) is 0 Å². The molecule has 0 aromatic heterocycles. The normalized spacial score (nSPS) is 22.2. The van der Waals surface area contributed by atoms with Gasteiger partial charge in [0, 0.05) is 0 Å². The average Bonchev–Trinajstić information content (AvgIpc) is 1.75. The van der Waals surface area contributed by atoms with Crippen molar-refractivity contribution in [2.24, 2.45) is 0 Å². The van der Waals surface area contributed by atoms with Gasteiger partial charge in [-0.05, 0) is 0 Å². The predicted molar refractivity (Wildman–Crippen MR) is 16.0 cm³/mol. The van der Waals surface area contributed by atoms with E-state index < -0.39 is 9.13 Å². The fraction of sp³-hybridized carbons (Fsp3) is 0. The molecule has 0 nitrogen and oxygen atoms in total. The van der Waals surface area contributed by atoms with Gasteiger partial charge >= 0.3 is 9.13 Å². The quantitative estimate of drug-likeness (QED) is 0.291. The lowest BCUT2D eigenvalue weighted by molar-refractivity contribution is 0.875. The number of hydrogen-bond acceptors (Lipinski definition) is 0. The molecule has 1 aliphatic heterocycles. The summed E-state index contributed by atoms with van der Waals surface area (Å²) in [6, 6.07) is 0. The Hall–Kier alpha value is -0.113. The predicted octanol–water partition coefficient (Wildman–Crippen LogP) is 0.596. The zero-order valence-electron chi connectivity index (χ0n) is 2.03. The van der Waals surface area contributed by atoms with Gasteiger partial charge in [-0.1, -0.05) is 11.4 Å². The third-order valence-corrected chi connectivity index (χ3v) is 0.878. The highest BCUT2D eigenvalue weighted by molar-refractivity contribution is 6.73. The minimum Gasteiger partial charge on any atom is -0.303 e. The SMILES string of the molecule is F[Si]1C=C1. The third-order valence-electron chi connectivity index (χ3n) is 0.293. The van der Waals surface area contributed by atoms with Gasteiger partial charge in [0.05, 0.1) is 0 Å². The molecule has 0 saturated heterocycles. The molecule has 0 saturated carbocycles. The lowest BCUT2D eigenvalue weighted by Gasteiger charge is -1.47. The molecule has 1 radical (unpaired) electrons. The van der Waals surface area contributed by atoms with Gasteiger partial charge < -0.3 is 4.11 Å². The van der Waals surface area contributed by atoms with Gasteiger partial charge in [-0.15, -0.1) is 0 Å². The van der Waals surface area contributed by atoms with Crippen LogP contribution in [0.25, 0.3) is 0 Å². The van der Waals surface area contributed by atoms with E-state index in [9.17, 15) is 4.11 Å². The minimum absolute atomic E-state index is 1.38. The Kier molecular flexibility index (Phi) is 0.231. The van der Waals surface area contributed by atoms with E-state index in [-0.39, 0.29) is 0 Å². The first-order valence-corrected chi connectivity index (χ1v) is 2.63. The molecule has 0 aromatic carbocycles. The van der Waals surface area contributed by atoms with E-state index in [0.717, 1.165) is 0 Å². The van der Waals surface area contributed by atoms with Crippen LogP contribution >= 0.6 is 0 Å². The van der Waals surface area contributed by atoms with Crippen molar-refractivity contribution in [3.8, 4) is 0 Å². The Morgan fingerprint density at radius 1 is 1.50 bits per heavy atom. The van der Waals surface area contributed by atoms with Crippen LogP contribution < -0.4 is 0 Å². The van der Waals surface area contributed by atoms with Crippen LogP contribution in [0.2, 0.25) is 0 Å². The first kappa shape index (κ1) is 2.14. The summed E-state index contributed by atoms with van der Waals surface area (Å²) < 4.78 is 11.1. The molecule has 21 valence electrons. The maximum Gasteiger partial charge on any atom is 0.324 e. The van der Waals surface area contributed by atoms with Gasteiger partial charge in [0.25, 0.3) is 0 Å². The summed E-state index contributed by atoms with van der Waals surface area (Å²) in [7, 11) is -1.38. The van der Waals surface area contributed by atoms with Crippen LogP contribution in [0, 0.1) is 0 Å². The van der Waals surface area contributed by atoms with Crippen molar-refractivity contribution in [1.82, 2.24) is 0 Å². The van der Waals surface area contributed by atoms with Gasteiger partial charge in [-0.3, -0.25) is 0 Å². The van der Waals surface area contributed by atoms with Crippen molar-refractivity contribution in [2.75, 3.05) is 0 Å². The first-order valence-electron chi connectivity index (χ1n) is 1.10. The molecule has 1 aliphatic rings. The number of halogens is 1. The Bertz CT molecular complexity index is 44.0. The molecule has 1 rings (SSSR count). The molecule has 0 spiro atoms. The summed E-state index contributed by atoms with van der Waals surface area (Å²) in [5, 5.41) is 0. The molecule has 2 heteroatoms. The first-order chi connectivity index (χ1) is 1.89. The lowest BCUT2D eigenvalue weighted by atomic mass is 11.3. The summed E-state index contributed by atoms with van der Waals surface area (Å²) in [5.74, 6) is 0. The van der Waals surface area contributed by atoms with E-state index in [1.54, 1.807) is 11.4 Å². The number of rotatable bonds is 0. The highest BCUT2D eigenvalue weighted by Crippen LogP contribution is 2.00. The smallest absolute Gasteiger partial charge is 0.303 e. The van der Waals surface area contributed by atoms with Crippen molar-refractivity contribution in [1.29, 1.82) is 0 Å². The molecule has 0 bridgehead atoms. The van der Waals surface area contributed by atoms with Crippen LogP contribution in [0.4, 0.5) is 4.11 Å². The minimum atomic E-state index is -1.38. The standard InChI is InChI=1S/C2H2FSi/c3-4-1-2-4/h1-2H. The summed E-state index contributed by atoms with van der Waals surface area (Å²) in [6.07, 6.45) is 0. The molecule has 4 heavy (non-hydrogen) atoms. The molecular formula is C2H2FSi. The van der Waals surface area contributed by atoms with Crippen LogP contribution in [0.5, 0.6) is 0 Å². The summed E-state index contributed by atoms with van der Waals surface area (Å²) in [6.45, 7) is 0. The highest BCUT2D eigenvalue weighted by atomic mass is 28.3. The molecule has 0 N–H and O–H groups in total. The molecule has 0 amide bonds. The lowest BCUT2D eigenvalue weighted by Crippen LogP contribution is -1.66. The third kappa shape index (κ3) is 0.178. The Morgan fingerprint density at radius 3 is 1.75 bits per heavy atom. The van der Waals surface area contributed by atoms with Gasteiger partial charge in [-0.2, -0.15) is 0 Å². The largest absolute Gasteiger partial charge is 0.324 e. The highest BCUT2D eigenvalue weighted by Gasteiger charge is 2.11. The van der Waals surface area contributed by atoms with Crippen LogP contribution in [0.1, 0.15) is 0 Å². The zero-order valence-corrected chi connectivity index (χ0v) is 3.03. The summed E-state index contributed by atoms with van der Waals surface area (Å²) in [4.78, 5) is 0. The van der Waals surface area contributed by atoms with Crippen LogP contribution in [-0.2, 0) is 0 Å². The maximum absolute atomic E-state index is 11.1. The van der Waals surface area contributed by atoms with E-state index in [4.69, 9.17) is 0 Å². The Labute approximate surface area is 25.7 Å². The van der Waals surface area contributed by atoms with Crippen LogP contribution in [-0.4, -0.2) is 9.13 Å². The fourth-order valence-electron chi connectivity index (χ4n) is 0.0315. The van der Waals surface area contributed by atoms with E-state index in [1.807, 2.05) is 0 Å². The summed E-state index contributed by atoms with van der Waals surface area (Å²) in [5.41, 5.74) is 3.20. The monoisotopic (exact) mass is 73.0 g/mol. The van der Waals surface area contributed by atoms with E-state index in [2.05, 4.69) is 0 Å². The molecule has 0 atom stereocenters. The number of hydrogen-bond donors (Lipinski definition) is 0. The van der Waals surface area contributed by atoms with Crippen molar-refractivity contribution >= 4 is 9.13 Å².